The minimum absolute atomic E-state index is 0.310. The van der Waals surface area contributed by atoms with Crippen molar-refractivity contribution in [3.8, 4) is 5.75 Å². The van der Waals surface area contributed by atoms with Crippen LogP contribution in [0.1, 0.15) is 13.3 Å². The summed E-state index contributed by atoms with van der Waals surface area (Å²) in [7, 11) is 1.52. The summed E-state index contributed by atoms with van der Waals surface area (Å²) in [5, 5.41) is 13.8. The number of urea groups is 1. The van der Waals surface area contributed by atoms with Crippen LogP contribution in [0, 0.1) is 0 Å². The van der Waals surface area contributed by atoms with Crippen molar-refractivity contribution in [2.45, 2.75) is 19.4 Å². The lowest BCUT2D eigenvalue weighted by Gasteiger charge is -2.13. The van der Waals surface area contributed by atoms with Gasteiger partial charge in [-0.1, -0.05) is 22.9 Å². The molecule has 3 N–H and O–H groups in total. The number of carbonyl (C=O) groups is 2. The van der Waals surface area contributed by atoms with E-state index >= 15 is 0 Å². The number of amides is 2. The van der Waals surface area contributed by atoms with E-state index in [1.807, 2.05) is 0 Å². The van der Waals surface area contributed by atoms with Crippen molar-refractivity contribution in [3.63, 3.8) is 0 Å². The summed E-state index contributed by atoms with van der Waals surface area (Å²) in [6.45, 7) is 1.68. The summed E-state index contributed by atoms with van der Waals surface area (Å²) >= 11 is 3.29. The Morgan fingerprint density at radius 2 is 2.11 bits per heavy atom. The van der Waals surface area contributed by atoms with Crippen molar-refractivity contribution >= 4 is 33.6 Å². The normalized spacial score (nSPS) is 11.5. The first kappa shape index (κ1) is 15.3. The Kier molecular flexibility index (Phi) is 5.62. The van der Waals surface area contributed by atoms with Crippen LogP contribution in [0.25, 0.3) is 0 Å². The minimum atomic E-state index is -1.07. The number of carboxylic acid groups (broad SMARTS) is 1. The molecule has 0 fully saturated rings. The topological polar surface area (TPSA) is 87.7 Å². The molecule has 0 aromatic heterocycles. The molecule has 19 heavy (non-hydrogen) atoms. The molecule has 1 atom stereocenters. The third-order valence-electron chi connectivity index (χ3n) is 2.38. The van der Waals surface area contributed by atoms with Crippen LogP contribution in [-0.2, 0) is 4.79 Å². The van der Waals surface area contributed by atoms with Crippen LogP contribution in [0.5, 0.6) is 5.75 Å². The maximum atomic E-state index is 11.7. The van der Waals surface area contributed by atoms with E-state index in [1.54, 1.807) is 25.1 Å². The maximum Gasteiger partial charge on any atom is 0.326 e. The van der Waals surface area contributed by atoms with E-state index < -0.39 is 18.0 Å². The molecule has 0 aliphatic heterocycles. The van der Waals surface area contributed by atoms with Crippen LogP contribution in [0.2, 0.25) is 0 Å². The van der Waals surface area contributed by atoms with Gasteiger partial charge in [-0.15, -0.1) is 0 Å². The number of benzene rings is 1. The van der Waals surface area contributed by atoms with Gasteiger partial charge in [-0.2, -0.15) is 0 Å². The molecule has 104 valence electrons. The highest BCUT2D eigenvalue weighted by Gasteiger charge is 2.17. The van der Waals surface area contributed by atoms with Gasteiger partial charge in [0.1, 0.15) is 11.8 Å². The molecular formula is C12H15BrN2O4. The second kappa shape index (κ2) is 6.98. The van der Waals surface area contributed by atoms with E-state index in [2.05, 4.69) is 26.6 Å². The fourth-order valence-electron chi connectivity index (χ4n) is 1.42. The van der Waals surface area contributed by atoms with Gasteiger partial charge in [-0.05, 0) is 18.6 Å². The minimum Gasteiger partial charge on any atom is -0.497 e. The lowest BCUT2D eigenvalue weighted by atomic mass is 10.2. The van der Waals surface area contributed by atoms with Gasteiger partial charge in [-0.25, -0.2) is 9.59 Å². The zero-order chi connectivity index (χ0) is 14.4. The molecule has 0 bridgehead atoms. The van der Waals surface area contributed by atoms with E-state index in [-0.39, 0.29) is 0 Å². The van der Waals surface area contributed by atoms with Crippen LogP contribution in [-0.4, -0.2) is 30.3 Å². The standard InChI is InChI=1S/C12H15BrN2O4/c1-3-10(11(16)17)15-12(18)14-8-4-7(13)5-9(6-8)19-2/h4-6,10H,3H2,1-2H3,(H,16,17)(H2,14,15,18)/t10-/m1/s1. The van der Waals surface area contributed by atoms with Gasteiger partial charge in [-0.3, -0.25) is 0 Å². The summed E-state index contributed by atoms with van der Waals surface area (Å²) in [5.41, 5.74) is 0.504. The van der Waals surface area contributed by atoms with E-state index in [9.17, 15) is 9.59 Å². The predicted octanol–water partition coefficient (Wildman–Crippen LogP) is 2.44. The van der Waals surface area contributed by atoms with Crippen molar-refractivity contribution in [3.05, 3.63) is 22.7 Å². The Morgan fingerprint density at radius 3 is 2.63 bits per heavy atom. The molecule has 0 radical (unpaired) electrons. The zero-order valence-corrected chi connectivity index (χ0v) is 12.2. The SMILES string of the molecule is CC[C@@H](NC(=O)Nc1cc(Br)cc(OC)c1)C(=O)O. The number of rotatable bonds is 5. The predicted molar refractivity (Wildman–Crippen MR) is 74.6 cm³/mol. The van der Waals surface area contributed by atoms with E-state index in [0.29, 0.717) is 17.9 Å². The number of methoxy groups -OCH3 is 1. The monoisotopic (exact) mass is 330 g/mol. The first-order chi connectivity index (χ1) is 8.96. The Hall–Kier alpha value is -1.76. The molecular weight excluding hydrogens is 316 g/mol. The smallest absolute Gasteiger partial charge is 0.326 e. The third kappa shape index (κ3) is 4.78. The molecule has 1 aromatic carbocycles. The van der Waals surface area contributed by atoms with Gasteiger partial charge in [0.05, 0.1) is 7.11 Å². The lowest BCUT2D eigenvalue weighted by molar-refractivity contribution is -0.139. The van der Waals surface area contributed by atoms with Crippen molar-refractivity contribution in [1.82, 2.24) is 5.32 Å². The number of carboxylic acids is 1. The molecule has 0 heterocycles. The van der Waals surface area contributed by atoms with Crippen LogP contribution in [0.15, 0.2) is 22.7 Å². The fraction of sp³-hybridized carbons (Fsp3) is 0.333. The Labute approximate surface area is 119 Å². The van der Waals surface area contributed by atoms with Crippen LogP contribution in [0.4, 0.5) is 10.5 Å². The Balaban J connectivity index is 2.71. The summed E-state index contributed by atoms with van der Waals surface area (Å²) < 4.78 is 5.80. The molecule has 0 saturated carbocycles. The van der Waals surface area contributed by atoms with Gasteiger partial charge in [0.15, 0.2) is 0 Å². The van der Waals surface area contributed by atoms with E-state index in [4.69, 9.17) is 9.84 Å². The van der Waals surface area contributed by atoms with Crippen molar-refractivity contribution in [1.29, 1.82) is 0 Å². The van der Waals surface area contributed by atoms with Crippen LogP contribution < -0.4 is 15.4 Å². The number of aliphatic carboxylic acids is 1. The Morgan fingerprint density at radius 1 is 1.42 bits per heavy atom. The quantitative estimate of drug-likeness (QED) is 0.773. The fourth-order valence-corrected chi connectivity index (χ4v) is 1.89. The lowest BCUT2D eigenvalue weighted by Crippen LogP contribution is -2.42. The molecule has 1 aromatic rings. The second-order valence-electron chi connectivity index (χ2n) is 3.78. The molecule has 7 heteroatoms. The van der Waals surface area contributed by atoms with Crippen LogP contribution >= 0.6 is 15.9 Å². The highest BCUT2D eigenvalue weighted by Crippen LogP contribution is 2.24. The number of hydrogen-bond acceptors (Lipinski definition) is 3. The molecule has 0 saturated heterocycles. The highest BCUT2D eigenvalue weighted by atomic mass is 79.9. The largest absolute Gasteiger partial charge is 0.497 e. The molecule has 0 unspecified atom stereocenters. The average Bonchev–Trinajstić information content (AvgIpc) is 2.34. The van der Waals surface area contributed by atoms with Gasteiger partial charge in [0.25, 0.3) is 0 Å². The van der Waals surface area contributed by atoms with Gasteiger partial charge in [0, 0.05) is 16.2 Å². The Bertz CT molecular complexity index is 479. The summed E-state index contributed by atoms with van der Waals surface area (Å²) in [5.74, 6) is -0.487. The number of anilines is 1. The third-order valence-corrected chi connectivity index (χ3v) is 2.83. The molecule has 0 spiro atoms. The average molecular weight is 331 g/mol. The number of halogens is 1. The number of hydrogen-bond donors (Lipinski definition) is 3. The van der Waals surface area contributed by atoms with Gasteiger partial charge >= 0.3 is 12.0 Å². The first-order valence-electron chi connectivity index (χ1n) is 5.61. The number of ether oxygens (including phenoxy) is 1. The summed E-state index contributed by atoms with van der Waals surface area (Å²) in [6, 6.07) is 3.58. The molecule has 1 rings (SSSR count). The summed E-state index contributed by atoms with van der Waals surface area (Å²) in [4.78, 5) is 22.5. The highest BCUT2D eigenvalue weighted by molar-refractivity contribution is 9.10. The van der Waals surface area contributed by atoms with E-state index in [0.717, 1.165) is 4.47 Å². The maximum absolute atomic E-state index is 11.7. The summed E-state index contributed by atoms with van der Waals surface area (Å²) in [6.07, 6.45) is 0.310. The number of nitrogens with one attached hydrogen (secondary N) is 2. The first-order valence-corrected chi connectivity index (χ1v) is 6.40. The van der Waals surface area contributed by atoms with Crippen molar-refractivity contribution < 1.29 is 19.4 Å². The number of carbonyl (C=O) groups excluding carboxylic acids is 1. The van der Waals surface area contributed by atoms with Crippen LogP contribution in [0.3, 0.4) is 0 Å². The van der Waals surface area contributed by atoms with Gasteiger partial charge in [0.2, 0.25) is 0 Å². The van der Waals surface area contributed by atoms with Gasteiger partial charge < -0.3 is 20.5 Å². The molecule has 0 aliphatic rings. The van der Waals surface area contributed by atoms with E-state index in [1.165, 1.54) is 7.11 Å². The second-order valence-corrected chi connectivity index (χ2v) is 4.69. The van der Waals surface area contributed by atoms with Crippen molar-refractivity contribution in [2.24, 2.45) is 0 Å². The zero-order valence-electron chi connectivity index (χ0n) is 10.6. The molecule has 0 aliphatic carbocycles. The van der Waals surface area contributed by atoms with Crippen molar-refractivity contribution in [2.75, 3.05) is 12.4 Å². The molecule has 6 nitrogen and oxygen atoms in total. The molecule has 2 amide bonds.